The number of unbranched alkanes of at least 4 members (excludes halogenated alkanes) is 2. The lowest BCUT2D eigenvalue weighted by Crippen LogP contribution is -2.57. The molecule has 1 unspecified atom stereocenters. The van der Waals surface area contributed by atoms with Crippen molar-refractivity contribution in [2.24, 2.45) is 35.3 Å². The van der Waals surface area contributed by atoms with Crippen LogP contribution in [0.4, 0.5) is 20.1 Å². The van der Waals surface area contributed by atoms with Crippen molar-refractivity contribution in [1.82, 2.24) is 51.1 Å². The van der Waals surface area contributed by atoms with E-state index in [0.29, 0.717) is 54.5 Å². The lowest BCUT2D eigenvalue weighted by Gasteiger charge is -2.33. The first-order valence-corrected chi connectivity index (χ1v) is 37.6. The van der Waals surface area contributed by atoms with Gasteiger partial charge in [-0.1, -0.05) is 116 Å². The molecule has 31 heteroatoms. The molecule has 0 saturated heterocycles. The second kappa shape index (κ2) is 45.5. The van der Waals surface area contributed by atoms with Gasteiger partial charge in [0.25, 0.3) is 17.7 Å². The minimum absolute atomic E-state index is 0.00233. The number of carbonyl (C=O) groups is 15. The predicted molar refractivity (Wildman–Crippen MR) is 409 cm³/mol. The first-order chi connectivity index (χ1) is 51.9. The third-order valence-electron chi connectivity index (χ3n) is 19.4. The average molecular weight is 1540 g/mol. The number of anilines is 1. The summed E-state index contributed by atoms with van der Waals surface area (Å²) >= 11 is 0. The van der Waals surface area contributed by atoms with Crippen LogP contribution in [0, 0.1) is 29.6 Å². The number of likely N-dealkylation sites (N-methyl/N-ethyl adjacent to an activating group) is 4. The molecule has 110 heavy (non-hydrogen) atoms. The molecule has 31 nitrogen and oxygen atoms in total. The molecule has 606 valence electrons. The summed E-state index contributed by atoms with van der Waals surface area (Å²) in [6.07, 6.45) is 2.29. The second-order valence-corrected chi connectivity index (χ2v) is 29.2. The monoisotopic (exact) mass is 1540 g/mol. The maximum atomic E-state index is 14.4. The molecule has 11 atom stereocenters. The van der Waals surface area contributed by atoms with Crippen LogP contribution < -0.4 is 37.6 Å². The Morgan fingerprint density at radius 2 is 1.39 bits per heavy atom. The Hall–Kier alpha value is -10.5. The standard InChI is InChI=1S/C79H116N12O19/c1-17-49(7)68-72(99)83-54(12)76(103)110-69(50(8)18-2)52(10)61(35-30-51(9)75(102)108-62(42-47(3)4)71(98)82-53(11)73(100)90(16)59(43-55-26-21-19-22-27-55)74(101)89(15)45-64(94)86-68)109-79(106)88(14)41-40-87(13)78(105)107-46-56-31-33-58(34-32-56)84-70(97)57(28-25-38-81-77(80)104)44-60(92)67(48(5)6)85-63(93)29-23-20-24-39-91-65(95)36-37-66(91)96/h18-19,21-22,26-27,30-34,36-37,47-49,52-54,57,59,61-62,67-69H,17,20,23-25,28-29,35,38-46H2,1-16H3,(H,82,98)(H,83,99)(H,84,97)(H,85,93)(H,86,94)(H3,80,81,104)/b50-18+,51-30+/t49?,52-,53-,54+,57-,59+,61-,62+,67+,68-,69+/m0/s1. The number of benzene rings is 2. The third-order valence-corrected chi connectivity index (χ3v) is 19.4. The highest BCUT2D eigenvalue weighted by Gasteiger charge is 2.39. The van der Waals surface area contributed by atoms with Crippen molar-refractivity contribution in [3.8, 4) is 0 Å². The maximum absolute atomic E-state index is 14.4. The molecule has 2 aliphatic heterocycles. The Labute approximate surface area is 645 Å². The highest BCUT2D eigenvalue weighted by molar-refractivity contribution is 6.13. The van der Waals surface area contributed by atoms with Gasteiger partial charge in [0.2, 0.25) is 35.4 Å². The van der Waals surface area contributed by atoms with Gasteiger partial charge in [-0.2, -0.15) is 0 Å². The quantitative estimate of drug-likeness (QED) is 0.0151. The van der Waals surface area contributed by atoms with Crippen LogP contribution in [-0.2, 0) is 89.5 Å². The number of ketones is 1. The minimum atomic E-state index is -1.41. The molecule has 8 N–H and O–H groups in total. The Morgan fingerprint density at radius 3 is 1.99 bits per heavy atom. The number of esters is 2. The maximum Gasteiger partial charge on any atom is 0.409 e. The van der Waals surface area contributed by atoms with Crippen LogP contribution in [0.25, 0.3) is 0 Å². The number of ether oxygens (including phenoxy) is 4. The van der Waals surface area contributed by atoms with Crippen LogP contribution in [0.5, 0.6) is 0 Å². The number of amides is 13. The van der Waals surface area contributed by atoms with Gasteiger partial charge >= 0.3 is 30.2 Å². The van der Waals surface area contributed by atoms with E-state index in [-0.39, 0.29) is 112 Å². The summed E-state index contributed by atoms with van der Waals surface area (Å²) in [4.78, 5) is 209. The van der Waals surface area contributed by atoms with E-state index in [1.807, 2.05) is 20.8 Å². The van der Waals surface area contributed by atoms with Gasteiger partial charge in [0.15, 0.2) is 11.9 Å². The van der Waals surface area contributed by atoms with E-state index < -0.39 is 138 Å². The molecule has 0 saturated carbocycles. The first kappa shape index (κ1) is 91.9. The van der Waals surface area contributed by atoms with E-state index in [1.54, 1.807) is 102 Å². The summed E-state index contributed by atoms with van der Waals surface area (Å²) in [5, 5.41) is 16.2. The van der Waals surface area contributed by atoms with E-state index >= 15 is 0 Å². The number of rotatable bonds is 30. The van der Waals surface area contributed by atoms with Crippen LogP contribution in [0.15, 0.2) is 90.0 Å². The summed E-state index contributed by atoms with van der Waals surface area (Å²) in [5.74, 6) is -10.1. The van der Waals surface area contributed by atoms with Gasteiger partial charge in [-0.25, -0.2) is 24.0 Å². The molecule has 0 aromatic heterocycles. The Balaban J connectivity index is 1.51. The van der Waals surface area contributed by atoms with Crippen molar-refractivity contribution in [3.63, 3.8) is 0 Å². The van der Waals surface area contributed by atoms with Crippen molar-refractivity contribution in [3.05, 3.63) is 101 Å². The fourth-order valence-electron chi connectivity index (χ4n) is 12.1. The van der Waals surface area contributed by atoms with Crippen LogP contribution >= 0.6 is 0 Å². The van der Waals surface area contributed by atoms with Gasteiger partial charge in [-0.3, -0.25) is 52.8 Å². The number of nitrogens with one attached hydrogen (secondary N) is 6. The van der Waals surface area contributed by atoms with Crippen molar-refractivity contribution in [2.45, 2.75) is 209 Å². The summed E-state index contributed by atoms with van der Waals surface area (Å²) in [5.41, 5.74) is 7.35. The smallest absolute Gasteiger partial charge is 0.409 e. The Kier molecular flexibility index (Phi) is 38.0. The molecule has 2 aliphatic rings. The predicted octanol–water partition coefficient (Wildman–Crippen LogP) is 6.17. The highest BCUT2D eigenvalue weighted by atomic mass is 16.6. The molecule has 0 bridgehead atoms. The number of nitrogens with zero attached hydrogens (tertiary/aromatic N) is 5. The number of cyclic esters (lactones) is 2. The molecule has 2 aromatic rings. The second-order valence-electron chi connectivity index (χ2n) is 29.2. The number of hydrogen-bond donors (Lipinski definition) is 7. The zero-order valence-corrected chi connectivity index (χ0v) is 66.6. The van der Waals surface area contributed by atoms with E-state index in [0.717, 1.165) is 9.80 Å². The lowest BCUT2D eigenvalue weighted by atomic mass is 9.89. The van der Waals surface area contributed by atoms with E-state index in [2.05, 4.69) is 31.9 Å². The van der Waals surface area contributed by atoms with Gasteiger partial charge in [0.05, 0.1) is 12.6 Å². The number of primary amides is 1. The molecule has 0 aliphatic carbocycles. The molecule has 0 fully saturated rings. The first-order valence-electron chi connectivity index (χ1n) is 37.6. The van der Waals surface area contributed by atoms with Crippen LogP contribution in [-0.4, -0.2) is 223 Å². The van der Waals surface area contributed by atoms with Crippen molar-refractivity contribution < 1.29 is 90.9 Å². The molecule has 4 rings (SSSR count). The van der Waals surface area contributed by atoms with Crippen molar-refractivity contribution in [1.29, 1.82) is 0 Å². The van der Waals surface area contributed by atoms with Gasteiger partial charge in [0.1, 0.15) is 43.0 Å². The minimum Gasteiger partial charge on any atom is -0.456 e. The largest absolute Gasteiger partial charge is 0.456 e. The third kappa shape index (κ3) is 29.8. The van der Waals surface area contributed by atoms with Gasteiger partial charge in [-0.05, 0) is 113 Å². The number of urea groups is 1. The summed E-state index contributed by atoms with van der Waals surface area (Å²) in [6, 6.07) is 8.65. The van der Waals surface area contributed by atoms with Crippen LogP contribution in [0.2, 0.25) is 0 Å². The van der Waals surface area contributed by atoms with E-state index in [4.69, 9.17) is 24.7 Å². The topological polar surface area (TPSA) is 407 Å². The van der Waals surface area contributed by atoms with E-state index in [1.165, 1.54) is 81.9 Å². The van der Waals surface area contributed by atoms with Crippen LogP contribution in [0.1, 0.15) is 158 Å². The number of carbonyl (C=O) groups excluding carboxylic acids is 15. The van der Waals surface area contributed by atoms with Gasteiger partial charge in [-0.15, -0.1) is 0 Å². The Morgan fingerprint density at radius 1 is 0.764 bits per heavy atom. The normalized spacial score (nSPS) is 21.8. The number of imide groups is 1. The molecular formula is C79H116N12O19. The number of hydrogen-bond acceptors (Lipinski definition) is 19. The number of nitrogens with two attached hydrogens (primary N) is 1. The van der Waals surface area contributed by atoms with Gasteiger partial charge < -0.3 is 76.2 Å². The zero-order valence-electron chi connectivity index (χ0n) is 66.6. The SMILES string of the molecule is C/C=C(\C)[C@H]1OC(=O)[C@@H](C)NC(=O)[C@H](C(C)CC)NC(=O)CN(C)C(=O)[C@@H](Cc2ccccc2)N(C)C(=O)[C@H](C)NC(=O)[C@@H](CC(C)C)OC(=O)/C(C)=C/C[C@H](OC(=O)N(C)CCN(C)C(=O)OCc2ccc(NC(=O)[C@@H](CCCNC(N)=O)CC(=O)[C@H](NC(=O)CCCCCN3C(=O)C=CC3=O)C(C)C)cc2)[C@@H]1C. The molecular weight excluding hydrogens is 1420 g/mol. The molecule has 2 heterocycles. The summed E-state index contributed by atoms with van der Waals surface area (Å²) < 4.78 is 23.8. The van der Waals surface area contributed by atoms with Crippen LogP contribution in [0.3, 0.4) is 0 Å². The highest BCUT2D eigenvalue weighted by Crippen LogP contribution is 2.28. The molecule has 13 amide bonds. The van der Waals surface area contributed by atoms with E-state index in [9.17, 15) is 71.9 Å². The molecule has 0 spiro atoms. The number of allylic oxidation sites excluding steroid dienone is 1. The summed E-state index contributed by atoms with van der Waals surface area (Å²) in [6.45, 7) is 19.5. The zero-order chi connectivity index (χ0) is 82.2. The lowest BCUT2D eigenvalue weighted by molar-refractivity contribution is -0.155. The average Bonchev–Trinajstić information content (AvgIpc) is 0.994. The fourth-order valence-corrected chi connectivity index (χ4v) is 12.1. The molecule has 2 aromatic carbocycles. The van der Waals surface area contributed by atoms with Crippen molar-refractivity contribution >= 4 is 94.8 Å². The molecule has 0 radical (unpaired) electrons. The Bertz CT molecular complexity index is 3620. The number of Topliss-reactive ketones (excluding diaryl/α,β-unsaturated/α-hetero) is 1. The van der Waals surface area contributed by atoms with Gasteiger partial charge in [0, 0.05) is 115 Å². The van der Waals surface area contributed by atoms with Crippen molar-refractivity contribution in [2.75, 3.05) is 66.2 Å². The summed E-state index contributed by atoms with van der Waals surface area (Å²) in [7, 11) is 5.67. The fraction of sp³-hybridized carbons (Fsp3) is 0.582.